The molecule has 2 aromatic carbocycles. The molecular formula is C15H13BrClF2N. The van der Waals surface area contributed by atoms with Crippen molar-refractivity contribution in [3.05, 3.63) is 68.7 Å². The van der Waals surface area contributed by atoms with Crippen LogP contribution in [-0.2, 0) is 6.42 Å². The molecule has 1 unspecified atom stereocenters. The summed E-state index contributed by atoms with van der Waals surface area (Å²) in [6, 6.07) is 8.90. The van der Waals surface area contributed by atoms with Crippen molar-refractivity contribution in [2.24, 2.45) is 0 Å². The van der Waals surface area contributed by atoms with E-state index in [2.05, 4.69) is 21.2 Å². The Bertz CT molecular complexity index is 602. The number of likely N-dealkylation sites (N-methyl/N-ethyl adjacent to an activating group) is 1. The van der Waals surface area contributed by atoms with Gasteiger partial charge >= 0.3 is 0 Å². The lowest BCUT2D eigenvalue weighted by Crippen LogP contribution is -2.20. The molecule has 0 spiro atoms. The minimum Gasteiger partial charge on any atom is -0.313 e. The van der Waals surface area contributed by atoms with Crippen molar-refractivity contribution in [1.82, 2.24) is 5.32 Å². The summed E-state index contributed by atoms with van der Waals surface area (Å²) in [4.78, 5) is 0. The maximum Gasteiger partial charge on any atom is 0.129 e. The van der Waals surface area contributed by atoms with E-state index in [4.69, 9.17) is 11.6 Å². The summed E-state index contributed by atoms with van der Waals surface area (Å²) in [6.07, 6.45) is 0.547. The van der Waals surface area contributed by atoms with Crippen molar-refractivity contribution in [2.45, 2.75) is 12.5 Å². The molecule has 0 saturated carbocycles. The van der Waals surface area contributed by atoms with Gasteiger partial charge in [-0.1, -0.05) is 23.7 Å². The Morgan fingerprint density at radius 3 is 2.45 bits per heavy atom. The Morgan fingerprint density at radius 2 is 1.85 bits per heavy atom. The van der Waals surface area contributed by atoms with E-state index < -0.39 is 0 Å². The molecule has 0 bridgehead atoms. The van der Waals surface area contributed by atoms with Gasteiger partial charge in [-0.05, 0) is 59.2 Å². The van der Waals surface area contributed by atoms with E-state index in [1.165, 1.54) is 18.2 Å². The number of nitrogens with one attached hydrogen (secondary N) is 1. The molecule has 0 amide bonds. The van der Waals surface area contributed by atoms with Crippen LogP contribution in [-0.4, -0.2) is 7.05 Å². The van der Waals surface area contributed by atoms with Crippen LogP contribution in [0.2, 0.25) is 5.02 Å². The molecule has 0 radical (unpaired) electrons. The number of hydrogen-bond acceptors (Lipinski definition) is 1. The molecule has 0 heterocycles. The van der Waals surface area contributed by atoms with Gasteiger partial charge in [0, 0.05) is 16.1 Å². The number of halogens is 4. The normalized spacial score (nSPS) is 12.4. The van der Waals surface area contributed by atoms with Gasteiger partial charge in [-0.3, -0.25) is 0 Å². The van der Waals surface area contributed by atoms with Crippen LogP contribution in [0, 0.1) is 11.6 Å². The summed E-state index contributed by atoms with van der Waals surface area (Å²) in [5, 5.41) is 3.52. The van der Waals surface area contributed by atoms with Crippen molar-refractivity contribution < 1.29 is 8.78 Å². The second-order valence-electron chi connectivity index (χ2n) is 4.46. The van der Waals surface area contributed by atoms with E-state index in [0.29, 0.717) is 21.5 Å². The molecule has 1 atom stereocenters. The molecule has 2 rings (SSSR count). The molecule has 1 N–H and O–H groups in total. The number of hydrogen-bond donors (Lipinski definition) is 1. The summed E-state index contributed by atoms with van der Waals surface area (Å²) < 4.78 is 27.5. The maximum absolute atomic E-state index is 14.0. The molecule has 106 valence electrons. The standard InChI is InChI=1S/C15H13BrClF2N/c1-20-15(6-9-2-4-10(18)5-3-9)11-7-13(17)12(16)8-14(11)19/h2-5,7-8,15,20H,6H2,1H3. The Balaban J connectivity index is 2.28. The summed E-state index contributed by atoms with van der Waals surface area (Å²) in [7, 11) is 1.75. The first-order valence-corrected chi connectivity index (χ1v) is 7.24. The second kappa shape index (κ2) is 6.66. The van der Waals surface area contributed by atoms with Gasteiger partial charge in [0.15, 0.2) is 0 Å². The predicted octanol–water partition coefficient (Wildman–Crippen LogP) is 4.88. The highest BCUT2D eigenvalue weighted by Crippen LogP contribution is 2.30. The summed E-state index contributed by atoms with van der Waals surface area (Å²) in [5.41, 5.74) is 1.41. The molecule has 1 nitrogen and oxygen atoms in total. The van der Waals surface area contributed by atoms with Crippen molar-refractivity contribution in [2.75, 3.05) is 7.05 Å². The summed E-state index contributed by atoms with van der Waals surface area (Å²) >= 11 is 9.21. The first-order chi connectivity index (χ1) is 9.51. The lowest BCUT2D eigenvalue weighted by Gasteiger charge is -2.18. The number of benzene rings is 2. The van der Waals surface area contributed by atoms with Gasteiger partial charge in [0.2, 0.25) is 0 Å². The zero-order valence-electron chi connectivity index (χ0n) is 10.8. The lowest BCUT2D eigenvalue weighted by molar-refractivity contribution is 0.533. The highest BCUT2D eigenvalue weighted by molar-refractivity contribution is 9.10. The van der Waals surface area contributed by atoms with Crippen LogP contribution in [0.5, 0.6) is 0 Å². The van der Waals surface area contributed by atoms with Crippen molar-refractivity contribution in [3.63, 3.8) is 0 Å². The van der Waals surface area contributed by atoms with Gasteiger partial charge in [-0.2, -0.15) is 0 Å². The summed E-state index contributed by atoms with van der Waals surface area (Å²) in [6.45, 7) is 0. The fraction of sp³-hybridized carbons (Fsp3) is 0.200. The first kappa shape index (κ1) is 15.4. The number of rotatable bonds is 4. The zero-order chi connectivity index (χ0) is 14.7. The third-order valence-corrected chi connectivity index (χ3v) is 4.31. The van der Waals surface area contributed by atoms with E-state index in [-0.39, 0.29) is 17.7 Å². The maximum atomic E-state index is 14.0. The largest absolute Gasteiger partial charge is 0.313 e. The quantitative estimate of drug-likeness (QED) is 0.766. The molecule has 5 heteroatoms. The minimum absolute atomic E-state index is 0.230. The van der Waals surface area contributed by atoms with Crippen LogP contribution in [0.4, 0.5) is 8.78 Å². The van der Waals surface area contributed by atoms with Crippen LogP contribution in [0.15, 0.2) is 40.9 Å². The Hall–Kier alpha value is -0.970. The SMILES string of the molecule is CNC(Cc1ccc(F)cc1)c1cc(Cl)c(Br)cc1F. The van der Waals surface area contributed by atoms with E-state index >= 15 is 0 Å². The minimum atomic E-state index is -0.331. The highest BCUT2D eigenvalue weighted by Gasteiger charge is 2.16. The molecule has 0 saturated heterocycles. The van der Waals surface area contributed by atoms with Crippen molar-refractivity contribution >= 4 is 27.5 Å². The fourth-order valence-corrected chi connectivity index (χ4v) is 2.52. The first-order valence-electron chi connectivity index (χ1n) is 6.07. The Kier molecular flexibility index (Phi) is 5.13. The van der Waals surface area contributed by atoms with Crippen LogP contribution < -0.4 is 5.32 Å². The van der Waals surface area contributed by atoms with Crippen molar-refractivity contribution in [1.29, 1.82) is 0 Å². The van der Waals surface area contributed by atoms with Gasteiger partial charge in [-0.15, -0.1) is 0 Å². The molecule has 0 aliphatic heterocycles. The third kappa shape index (κ3) is 3.57. The highest BCUT2D eigenvalue weighted by atomic mass is 79.9. The third-order valence-electron chi connectivity index (χ3n) is 3.12. The van der Waals surface area contributed by atoms with E-state index in [1.807, 2.05) is 0 Å². The summed E-state index contributed by atoms with van der Waals surface area (Å²) in [5.74, 6) is -0.615. The molecule has 0 fully saturated rings. The van der Waals surface area contributed by atoms with Gasteiger partial charge in [-0.25, -0.2) is 8.78 Å². The lowest BCUT2D eigenvalue weighted by atomic mass is 9.98. The molecule has 0 aliphatic rings. The van der Waals surface area contributed by atoms with Crippen molar-refractivity contribution in [3.8, 4) is 0 Å². The fourth-order valence-electron chi connectivity index (χ4n) is 2.03. The van der Waals surface area contributed by atoms with E-state index in [1.54, 1.807) is 25.2 Å². The predicted molar refractivity (Wildman–Crippen MR) is 81.0 cm³/mol. The molecule has 2 aromatic rings. The van der Waals surface area contributed by atoms with E-state index in [0.717, 1.165) is 5.56 Å². The van der Waals surface area contributed by atoms with Crippen LogP contribution in [0.3, 0.4) is 0 Å². The topological polar surface area (TPSA) is 12.0 Å². The molecule has 0 aromatic heterocycles. The molecular weight excluding hydrogens is 348 g/mol. The average molecular weight is 361 g/mol. The Morgan fingerprint density at radius 1 is 1.20 bits per heavy atom. The van der Waals surface area contributed by atoms with Gasteiger partial charge < -0.3 is 5.32 Å². The second-order valence-corrected chi connectivity index (χ2v) is 5.72. The molecule has 0 aliphatic carbocycles. The van der Waals surface area contributed by atoms with Gasteiger partial charge in [0.05, 0.1) is 5.02 Å². The van der Waals surface area contributed by atoms with E-state index in [9.17, 15) is 8.78 Å². The monoisotopic (exact) mass is 359 g/mol. The Labute approximate surface area is 130 Å². The molecule has 20 heavy (non-hydrogen) atoms. The van der Waals surface area contributed by atoms with Crippen LogP contribution in [0.1, 0.15) is 17.2 Å². The van der Waals surface area contributed by atoms with Gasteiger partial charge in [0.25, 0.3) is 0 Å². The zero-order valence-corrected chi connectivity index (χ0v) is 13.1. The van der Waals surface area contributed by atoms with Crippen LogP contribution >= 0.6 is 27.5 Å². The average Bonchev–Trinajstić information content (AvgIpc) is 2.43. The smallest absolute Gasteiger partial charge is 0.129 e. The van der Waals surface area contributed by atoms with Crippen LogP contribution in [0.25, 0.3) is 0 Å². The van der Waals surface area contributed by atoms with Gasteiger partial charge in [0.1, 0.15) is 11.6 Å².